The number of allylic oxidation sites excluding steroid dienone is 3. The minimum absolute atomic E-state index is 0.655. The van der Waals surface area contributed by atoms with Crippen LogP contribution >= 0.6 is 0 Å². The SMILES string of the molecule is C=CCC(C)C/C=C(\C)C=N. The van der Waals surface area contributed by atoms with E-state index < -0.39 is 0 Å². The molecule has 0 bridgehead atoms. The number of rotatable bonds is 5. The number of nitrogens with one attached hydrogen (secondary N) is 1. The summed E-state index contributed by atoms with van der Waals surface area (Å²) in [4.78, 5) is 0. The Hall–Kier alpha value is -0.850. The van der Waals surface area contributed by atoms with Crippen LogP contribution in [-0.2, 0) is 0 Å². The third-order valence-corrected chi connectivity index (χ3v) is 1.64. The van der Waals surface area contributed by atoms with Gasteiger partial charge in [0.1, 0.15) is 0 Å². The normalized spacial score (nSPS) is 14.2. The van der Waals surface area contributed by atoms with Crippen LogP contribution in [0.4, 0.5) is 0 Å². The smallest absolute Gasteiger partial charge is 0.0203 e. The first-order valence-corrected chi connectivity index (χ1v) is 3.98. The lowest BCUT2D eigenvalue weighted by atomic mass is 10.0. The van der Waals surface area contributed by atoms with Gasteiger partial charge in [-0.15, -0.1) is 6.58 Å². The van der Waals surface area contributed by atoms with Gasteiger partial charge >= 0.3 is 0 Å². The van der Waals surface area contributed by atoms with Crippen LogP contribution in [0.1, 0.15) is 26.7 Å². The molecule has 62 valence electrons. The van der Waals surface area contributed by atoms with Gasteiger partial charge in [-0.25, -0.2) is 0 Å². The Bertz CT molecular complexity index is 156. The lowest BCUT2D eigenvalue weighted by Gasteiger charge is -2.03. The Balaban J connectivity index is 3.67. The minimum Gasteiger partial charge on any atom is -0.308 e. The van der Waals surface area contributed by atoms with Gasteiger partial charge < -0.3 is 5.41 Å². The zero-order valence-electron chi connectivity index (χ0n) is 7.43. The van der Waals surface area contributed by atoms with Crippen molar-refractivity contribution >= 4 is 6.21 Å². The van der Waals surface area contributed by atoms with E-state index in [1.54, 1.807) is 0 Å². The molecule has 0 heterocycles. The average Bonchev–Trinajstić information content (AvgIpc) is 2.01. The lowest BCUT2D eigenvalue weighted by Crippen LogP contribution is -1.90. The topological polar surface area (TPSA) is 23.9 Å². The quantitative estimate of drug-likeness (QED) is 0.461. The van der Waals surface area contributed by atoms with Crippen LogP contribution in [0.2, 0.25) is 0 Å². The molecule has 0 fully saturated rings. The molecule has 0 aromatic carbocycles. The summed E-state index contributed by atoms with van der Waals surface area (Å²) in [6, 6.07) is 0. The molecule has 0 amide bonds. The van der Waals surface area contributed by atoms with E-state index in [0.717, 1.165) is 18.4 Å². The standard InChI is InChI=1S/C10H17N/c1-4-5-9(2)6-7-10(3)8-11/h4,7-9,11H,1,5-6H2,2-3H3/b10-7+,11-8?. The van der Waals surface area contributed by atoms with Crippen molar-refractivity contribution < 1.29 is 0 Å². The van der Waals surface area contributed by atoms with Crippen LogP contribution in [0.15, 0.2) is 24.3 Å². The van der Waals surface area contributed by atoms with Crippen LogP contribution in [0.3, 0.4) is 0 Å². The van der Waals surface area contributed by atoms with E-state index in [1.165, 1.54) is 6.21 Å². The summed E-state index contributed by atoms with van der Waals surface area (Å²) in [6.45, 7) is 7.82. The molecule has 0 aromatic heterocycles. The van der Waals surface area contributed by atoms with Crippen molar-refractivity contribution in [2.24, 2.45) is 5.92 Å². The average molecular weight is 151 g/mol. The lowest BCUT2D eigenvalue weighted by molar-refractivity contribution is 0.603. The first-order chi connectivity index (χ1) is 5.20. The zero-order chi connectivity index (χ0) is 8.69. The maximum Gasteiger partial charge on any atom is 0.0203 e. The van der Waals surface area contributed by atoms with Crippen molar-refractivity contribution in [3.8, 4) is 0 Å². The summed E-state index contributed by atoms with van der Waals surface area (Å²) < 4.78 is 0. The van der Waals surface area contributed by atoms with Gasteiger partial charge in [0, 0.05) is 6.21 Å². The minimum atomic E-state index is 0.655. The summed E-state index contributed by atoms with van der Waals surface area (Å²) in [5.41, 5.74) is 1.04. The Morgan fingerprint density at radius 2 is 2.18 bits per heavy atom. The first kappa shape index (κ1) is 10.2. The molecule has 0 aliphatic rings. The third-order valence-electron chi connectivity index (χ3n) is 1.64. The molecule has 1 nitrogen and oxygen atoms in total. The number of hydrogen-bond acceptors (Lipinski definition) is 1. The van der Waals surface area contributed by atoms with Gasteiger partial charge in [-0.05, 0) is 31.3 Å². The molecule has 0 rings (SSSR count). The van der Waals surface area contributed by atoms with Crippen molar-refractivity contribution in [1.82, 2.24) is 0 Å². The summed E-state index contributed by atoms with van der Waals surface area (Å²) in [6.07, 6.45) is 7.54. The highest BCUT2D eigenvalue weighted by Gasteiger charge is 1.95. The van der Waals surface area contributed by atoms with Gasteiger partial charge in [0.05, 0.1) is 0 Å². The van der Waals surface area contributed by atoms with Crippen molar-refractivity contribution in [3.63, 3.8) is 0 Å². The second-order valence-electron chi connectivity index (χ2n) is 2.96. The second-order valence-corrected chi connectivity index (χ2v) is 2.96. The van der Waals surface area contributed by atoms with Crippen LogP contribution in [0, 0.1) is 11.3 Å². The molecule has 0 aliphatic heterocycles. The molecule has 0 radical (unpaired) electrons. The van der Waals surface area contributed by atoms with Crippen LogP contribution < -0.4 is 0 Å². The van der Waals surface area contributed by atoms with E-state index in [2.05, 4.69) is 19.6 Å². The first-order valence-electron chi connectivity index (χ1n) is 3.98. The Morgan fingerprint density at radius 1 is 1.55 bits per heavy atom. The fraction of sp³-hybridized carbons (Fsp3) is 0.500. The van der Waals surface area contributed by atoms with Gasteiger partial charge in [-0.3, -0.25) is 0 Å². The maximum absolute atomic E-state index is 6.94. The highest BCUT2D eigenvalue weighted by atomic mass is 14.3. The molecule has 1 heteroatoms. The van der Waals surface area contributed by atoms with Gasteiger partial charge in [-0.1, -0.05) is 19.1 Å². The second kappa shape index (κ2) is 5.90. The highest BCUT2D eigenvalue weighted by molar-refractivity contribution is 5.74. The van der Waals surface area contributed by atoms with Crippen molar-refractivity contribution in [2.45, 2.75) is 26.7 Å². The molecule has 0 saturated heterocycles. The Morgan fingerprint density at radius 3 is 2.64 bits per heavy atom. The molecule has 0 aromatic rings. The molecule has 0 spiro atoms. The van der Waals surface area contributed by atoms with E-state index in [4.69, 9.17) is 5.41 Å². The summed E-state index contributed by atoms with van der Waals surface area (Å²) in [5.74, 6) is 0.655. The number of hydrogen-bond donors (Lipinski definition) is 1. The monoisotopic (exact) mass is 151 g/mol. The molecule has 0 saturated carbocycles. The predicted octanol–water partition coefficient (Wildman–Crippen LogP) is 3.18. The van der Waals surface area contributed by atoms with E-state index in [-0.39, 0.29) is 0 Å². The molecule has 1 N–H and O–H groups in total. The van der Waals surface area contributed by atoms with E-state index in [1.807, 2.05) is 13.0 Å². The maximum atomic E-state index is 6.94. The molecular weight excluding hydrogens is 134 g/mol. The summed E-state index contributed by atoms with van der Waals surface area (Å²) in [5, 5.41) is 6.94. The molecule has 1 atom stereocenters. The van der Waals surface area contributed by atoms with Crippen molar-refractivity contribution in [3.05, 3.63) is 24.3 Å². The summed E-state index contributed by atoms with van der Waals surface area (Å²) >= 11 is 0. The fourth-order valence-corrected chi connectivity index (χ4v) is 0.827. The predicted molar refractivity (Wildman–Crippen MR) is 51.1 cm³/mol. The van der Waals surface area contributed by atoms with Crippen LogP contribution in [0.5, 0.6) is 0 Å². The van der Waals surface area contributed by atoms with Crippen molar-refractivity contribution in [2.75, 3.05) is 0 Å². The van der Waals surface area contributed by atoms with Crippen LogP contribution in [0.25, 0.3) is 0 Å². The van der Waals surface area contributed by atoms with Gasteiger partial charge in [-0.2, -0.15) is 0 Å². The summed E-state index contributed by atoms with van der Waals surface area (Å²) in [7, 11) is 0. The van der Waals surface area contributed by atoms with E-state index in [9.17, 15) is 0 Å². The van der Waals surface area contributed by atoms with Crippen LogP contribution in [-0.4, -0.2) is 6.21 Å². The van der Waals surface area contributed by atoms with Gasteiger partial charge in [0.25, 0.3) is 0 Å². The molecule has 1 unspecified atom stereocenters. The molecule has 0 aliphatic carbocycles. The fourth-order valence-electron chi connectivity index (χ4n) is 0.827. The molecule has 11 heavy (non-hydrogen) atoms. The van der Waals surface area contributed by atoms with Gasteiger partial charge in [0.15, 0.2) is 0 Å². The Labute approximate surface area is 69.3 Å². The van der Waals surface area contributed by atoms with Crippen molar-refractivity contribution in [1.29, 1.82) is 5.41 Å². The largest absolute Gasteiger partial charge is 0.308 e. The molecular formula is C10H17N. The zero-order valence-corrected chi connectivity index (χ0v) is 7.43. The van der Waals surface area contributed by atoms with Gasteiger partial charge in [0.2, 0.25) is 0 Å². The van der Waals surface area contributed by atoms with E-state index >= 15 is 0 Å². The third kappa shape index (κ3) is 5.59. The van der Waals surface area contributed by atoms with E-state index in [0.29, 0.717) is 5.92 Å². The Kier molecular flexibility index (Phi) is 5.44. The highest BCUT2D eigenvalue weighted by Crippen LogP contribution is 2.09.